The summed E-state index contributed by atoms with van der Waals surface area (Å²) in [4.78, 5) is 2.67. The molecule has 0 aliphatic rings. The third-order valence-electron chi connectivity index (χ3n) is 1.44. The van der Waals surface area contributed by atoms with Gasteiger partial charge in [0.25, 0.3) is 0 Å². The van der Waals surface area contributed by atoms with Crippen molar-refractivity contribution in [2.45, 2.75) is 11.9 Å². The second-order valence-corrected chi connectivity index (χ2v) is 5.66. The molecule has 0 rings (SSSR count). The standard InChI is InChI=1S/C6H15N4.CHF3O3S.Na.H/c1-10(2,3)6-4-5-8-9-7;2-1(3,4)8(5,6)7;;/h4-6H2,1-3H3;(H,5,6,7);;/q+1;;+1;-1. The van der Waals surface area contributed by atoms with E-state index in [2.05, 4.69) is 31.2 Å². The molecule has 0 aromatic heterocycles. The summed E-state index contributed by atoms with van der Waals surface area (Å²) in [6.07, 6.45) is 0.966. The molecular formula is C7H17F3N4NaO3S+. The SMILES string of the molecule is C[N+](C)(C)CCCN=[N+]=[N-].O=S(=O)(O)C(F)(F)F.[H-].[Na+]. The van der Waals surface area contributed by atoms with Crippen molar-refractivity contribution in [1.29, 1.82) is 0 Å². The summed E-state index contributed by atoms with van der Waals surface area (Å²) in [7, 11) is 0.523. The van der Waals surface area contributed by atoms with Gasteiger partial charge in [0.1, 0.15) is 0 Å². The minimum Gasteiger partial charge on any atom is -1.00 e. The minimum atomic E-state index is -5.84. The van der Waals surface area contributed by atoms with Gasteiger partial charge in [0, 0.05) is 17.9 Å². The van der Waals surface area contributed by atoms with Crippen LogP contribution in [-0.2, 0) is 10.1 Å². The number of alkyl halides is 3. The van der Waals surface area contributed by atoms with E-state index in [1.807, 2.05) is 0 Å². The molecule has 0 saturated carbocycles. The fraction of sp³-hybridized carbons (Fsp3) is 1.00. The molecule has 0 aliphatic heterocycles. The normalized spacial score (nSPS) is 11.5. The zero-order chi connectivity index (χ0) is 15.0. The van der Waals surface area contributed by atoms with Gasteiger partial charge in [-0.15, -0.1) is 0 Å². The Labute approximate surface area is 133 Å². The van der Waals surface area contributed by atoms with E-state index in [-0.39, 0.29) is 31.0 Å². The number of nitrogens with zero attached hydrogens (tertiary/aromatic N) is 4. The van der Waals surface area contributed by atoms with Crippen molar-refractivity contribution in [3.8, 4) is 0 Å². The zero-order valence-corrected chi connectivity index (χ0v) is 14.0. The molecule has 0 aromatic rings. The average molecular weight is 317 g/mol. The smallest absolute Gasteiger partial charge is 1.00 e. The van der Waals surface area contributed by atoms with Crippen LogP contribution in [0.1, 0.15) is 7.85 Å². The van der Waals surface area contributed by atoms with Crippen LogP contribution in [0.2, 0.25) is 0 Å². The third kappa shape index (κ3) is 18.0. The molecule has 0 aliphatic carbocycles. The molecule has 0 aromatic carbocycles. The topological polar surface area (TPSA) is 103 Å². The quantitative estimate of drug-likeness (QED) is 0.104. The molecule has 1 N–H and O–H groups in total. The molecular weight excluding hydrogens is 300 g/mol. The van der Waals surface area contributed by atoms with Crippen LogP contribution in [0, 0.1) is 0 Å². The largest absolute Gasteiger partial charge is 1.00 e. The molecule has 110 valence electrons. The van der Waals surface area contributed by atoms with Crippen molar-refractivity contribution in [3.05, 3.63) is 10.4 Å². The van der Waals surface area contributed by atoms with Crippen LogP contribution in [0.25, 0.3) is 10.4 Å². The first-order valence-electron chi connectivity index (χ1n) is 4.66. The van der Waals surface area contributed by atoms with Crippen LogP contribution >= 0.6 is 0 Å². The minimum absolute atomic E-state index is 0. The molecule has 0 amide bonds. The molecule has 0 unspecified atom stereocenters. The zero-order valence-electron chi connectivity index (χ0n) is 12.2. The fourth-order valence-electron chi connectivity index (χ4n) is 0.660. The predicted octanol–water partition coefficient (Wildman–Crippen LogP) is -1.10. The van der Waals surface area contributed by atoms with Gasteiger partial charge in [-0.1, -0.05) is 5.11 Å². The predicted molar refractivity (Wildman–Crippen MR) is 60.2 cm³/mol. The molecule has 0 atom stereocenters. The Bertz CT molecular complexity index is 393. The Hall–Kier alpha value is -0.0300. The van der Waals surface area contributed by atoms with E-state index in [9.17, 15) is 13.2 Å². The second-order valence-electron chi connectivity index (χ2n) is 4.24. The van der Waals surface area contributed by atoms with E-state index in [1.165, 1.54) is 0 Å². The van der Waals surface area contributed by atoms with E-state index in [0.29, 0.717) is 6.54 Å². The van der Waals surface area contributed by atoms with Gasteiger partial charge in [-0.2, -0.15) is 21.6 Å². The molecule has 19 heavy (non-hydrogen) atoms. The molecule has 0 bridgehead atoms. The van der Waals surface area contributed by atoms with E-state index < -0.39 is 15.6 Å². The second kappa shape index (κ2) is 9.81. The Morgan fingerprint density at radius 3 is 1.95 bits per heavy atom. The van der Waals surface area contributed by atoms with Crippen LogP contribution in [0.5, 0.6) is 0 Å². The number of rotatable bonds is 4. The Balaban J connectivity index is -0.000000119. The molecule has 7 nitrogen and oxygen atoms in total. The van der Waals surface area contributed by atoms with Gasteiger partial charge in [0.2, 0.25) is 0 Å². The first-order chi connectivity index (χ1) is 7.81. The maximum atomic E-state index is 10.7. The Kier molecular flexibility index (Phi) is 12.4. The van der Waals surface area contributed by atoms with E-state index in [4.69, 9.17) is 18.5 Å². The summed E-state index contributed by atoms with van der Waals surface area (Å²) < 4.78 is 58.5. The monoisotopic (exact) mass is 317 g/mol. The van der Waals surface area contributed by atoms with Crippen molar-refractivity contribution >= 4 is 10.1 Å². The Morgan fingerprint density at radius 1 is 1.37 bits per heavy atom. The number of quaternary nitrogens is 1. The summed E-state index contributed by atoms with van der Waals surface area (Å²) in [6.45, 7) is 1.67. The van der Waals surface area contributed by atoms with Crippen LogP contribution in [0.4, 0.5) is 13.2 Å². The number of azide groups is 1. The summed E-state index contributed by atoms with van der Waals surface area (Å²) in [5.41, 5.74) is 2.41. The van der Waals surface area contributed by atoms with Crippen LogP contribution in [0.15, 0.2) is 5.11 Å². The molecule has 0 heterocycles. The van der Waals surface area contributed by atoms with Crippen LogP contribution in [-0.4, -0.2) is 57.2 Å². The van der Waals surface area contributed by atoms with Gasteiger partial charge < -0.3 is 5.91 Å². The van der Waals surface area contributed by atoms with E-state index in [0.717, 1.165) is 17.4 Å². The Morgan fingerprint density at radius 2 is 1.74 bits per heavy atom. The van der Waals surface area contributed by atoms with Gasteiger partial charge >= 0.3 is 45.2 Å². The van der Waals surface area contributed by atoms with Crippen LogP contribution < -0.4 is 29.6 Å². The van der Waals surface area contributed by atoms with Crippen LogP contribution in [0.3, 0.4) is 0 Å². The molecule has 0 radical (unpaired) electrons. The number of halogens is 3. The van der Waals surface area contributed by atoms with E-state index >= 15 is 0 Å². The van der Waals surface area contributed by atoms with Crippen molar-refractivity contribution < 1.29 is 61.6 Å². The van der Waals surface area contributed by atoms with Gasteiger partial charge in [0.15, 0.2) is 0 Å². The number of hydrogen-bond acceptors (Lipinski definition) is 3. The van der Waals surface area contributed by atoms with Gasteiger partial charge in [-0.05, 0) is 5.53 Å². The summed E-state index contributed by atoms with van der Waals surface area (Å²) in [6, 6.07) is 0. The molecule has 0 spiro atoms. The molecule has 12 heteroatoms. The van der Waals surface area contributed by atoms with Gasteiger partial charge in [-0.25, -0.2) is 0 Å². The summed E-state index contributed by atoms with van der Waals surface area (Å²) in [5.74, 6) is 0. The summed E-state index contributed by atoms with van der Waals surface area (Å²) in [5, 5.41) is 3.45. The fourth-order valence-corrected chi connectivity index (χ4v) is 0.660. The molecule has 0 fully saturated rings. The maximum absolute atomic E-state index is 10.7. The van der Waals surface area contributed by atoms with Crippen molar-refractivity contribution in [3.63, 3.8) is 0 Å². The summed E-state index contributed by atoms with van der Waals surface area (Å²) >= 11 is 0. The molecule has 0 saturated heterocycles. The average Bonchev–Trinajstić information content (AvgIpc) is 2.08. The van der Waals surface area contributed by atoms with Gasteiger partial charge in [-0.3, -0.25) is 4.55 Å². The maximum Gasteiger partial charge on any atom is 1.00 e. The first-order valence-corrected chi connectivity index (χ1v) is 6.10. The van der Waals surface area contributed by atoms with E-state index in [1.54, 1.807) is 0 Å². The van der Waals surface area contributed by atoms with Crippen molar-refractivity contribution in [2.75, 3.05) is 34.2 Å². The van der Waals surface area contributed by atoms with Crippen molar-refractivity contribution in [1.82, 2.24) is 0 Å². The third-order valence-corrected chi connectivity index (χ3v) is 2.03. The number of hydrogen-bond donors (Lipinski definition) is 1. The first kappa shape index (κ1) is 24.0. The van der Waals surface area contributed by atoms with Crippen molar-refractivity contribution in [2.24, 2.45) is 5.11 Å². The van der Waals surface area contributed by atoms with Gasteiger partial charge in [0.05, 0.1) is 27.7 Å².